The Morgan fingerprint density at radius 2 is 1.83 bits per heavy atom. The zero-order valence-electron chi connectivity index (χ0n) is 12.9. The third-order valence-corrected chi connectivity index (χ3v) is 4.29. The number of rotatable bonds is 4. The molecule has 0 atom stereocenters. The first-order chi connectivity index (χ1) is 11.1. The average molecular weight is 342 g/mol. The van der Waals surface area contributed by atoms with Crippen LogP contribution in [-0.2, 0) is 9.53 Å². The molecule has 0 bridgehead atoms. The third-order valence-electron chi connectivity index (χ3n) is 3.97. The minimum Gasteiger partial charge on any atom is -0.452 e. The molecule has 0 aromatic heterocycles. The normalized spacial score (nSPS) is 16.3. The quantitative estimate of drug-likeness (QED) is 0.846. The summed E-state index contributed by atoms with van der Waals surface area (Å²) >= 11 is 5.79. The van der Waals surface area contributed by atoms with Crippen molar-refractivity contribution in [2.24, 2.45) is 0 Å². The first kappa shape index (κ1) is 17.7. The molecule has 0 aliphatic heterocycles. The Balaban J connectivity index is 1.82. The van der Waals surface area contributed by atoms with E-state index < -0.39 is 18.4 Å². The molecule has 23 heavy (non-hydrogen) atoms. The summed E-state index contributed by atoms with van der Waals surface area (Å²) in [7, 11) is 0. The molecule has 0 heterocycles. The van der Waals surface area contributed by atoms with Gasteiger partial charge in [-0.2, -0.15) is 0 Å². The molecule has 0 unspecified atom stereocenters. The Hall–Kier alpha value is -1.62. The van der Waals surface area contributed by atoms with Crippen molar-refractivity contribution >= 4 is 23.5 Å². The predicted molar refractivity (Wildman–Crippen MR) is 85.9 cm³/mol. The van der Waals surface area contributed by atoms with Gasteiger partial charge in [-0.05, 0) is 25.0 Å². The molecule has 126 valence electrons. The van der Waals surface area contributed by atoms with Crippen LogP contribution >= 0.6 is 11.6 Å². The minimum absolute atomic E-state index is 0.0320. The van der Waals surface area contributed by atoms with Gasteiger partial charge in [0.25, 0.3) is 5.91 Å². The van der Waals surface area contributed by atoms with Crippen molar-refractivity contribution < 1.29 is 18.7 Å². The molecular weight excluding hydrogens is 321 g/mol. The summed E-state index contributed by atoms with van der Waals surface area (Å²) in [6.07, 6.45) is 7.70. The van der Waals surface area contributed by atoms with Gasteiger partial charge in [-0.1, -0.05) is 49.8 Å². The second-order valence-electron chi connectivity index (χ2n) is 5.78. The van der Waals surface area contributed by atoms with Gasteiger partial charge >= 0.3 is 5.97 Å². The van der Waals surface area contributed by atoms with Crippen LogP contribution in [0.4, 0.5) is 4.39 Å². The highest BCUT2D eigenvalue weighted by Gasteiger charge is 2.19. The molecule has 1 amide bonds. The third kappa shape index (κ3) is 5.50. The molecule has 0 spiro atoms. The largest absolute Gasteiger partial charge is 0.452 e. The van der Waals surface area contributed by atoms with Gasteiger partial charge in [0.15, 0.2) is 6.61 Å². The first-order valence-corrected chi connectivity index (χ1v) is 8.36. The summed E-state index contributed by atoms with van der Waals surface area (Å²) in [5.74, 6) is -2.06. The average Bonchev–Trinajstić information content (AvgIpc) is 2.47. The summed E-state index contributed by atoms with van der Waals surface area (Å²) < 4.78 is 18.5. The lowest BCUT2D eigenvalue weighted by Gasteiger charge is -2.20. The Bertz CT molecular complexity index is 537. The molecule has 1 aliphatic rings. The fourth-order valence-electron chi connectivity index (χ4n) is 2.77. The number of hydrogen-bond donors (Lipinski definition) is 1. The van der Waals surface area contributed by atoms with Gasteiger partial charge < -0.3 is 10.1 Å². The lowest BCUT2D eigenvalue weighted by Crippen LogP contribution is -2.38. The Morgan fingerprint density at radius 3 is 2.48 bits per heavy atom. The van der Waals surface area contributed by atoms with Crippen molar-refractivity contribution in [1.82, 2.24) is 5.32 Å². The molecule has 0 saturated heterocycles. The topological polar surface area (TPSA) is 55.4 Å². The molecule has 1 aliphatic carbocycles. The van der Waals surface area contributed by atoms with E-state index in [1.165, 1.54) is 31.4 Å². The van der Waals surface area contributed by atoms with E-state index in [0.717, 1.165) is 31.7 Å². The Morgan fingerprint density at radius 1 is 1.17 bits per heavy atom. The summed E-state index contributed by atoms with van der Waals surface area (Å²) in [4.78, 5) is 23.8. The monoisotopic (exact) mass is 341 g/mol. The number of carbonyl (C=O) groups excluding carboxylic acids is 2. The Kier molecular flexibility index (Phi) is 6.84. The number of ether oxygens (including phenoxy) is 1. The van der Waals surface area contributed by atoms with Crippen molar-refractivity contribution in [2.45, 2.75) is 51.0 Å². The second-order valence-corrected chi connectivity index (χ2v) is 6.19. The maximum Gasteiger partial charge on any atom is 0.343 e. The van der Waals surface area contributed by atoms with E-state index in [4.69, 9.17) is 16.3 Å². The number of esters is 1. The molecule has 1 saturated carbocycles. The summed E-state index contributed by atoms with van der Waals surface area (Å²) in [6.45, 7) is -0.431. The van der Waals surface area contributed by atoms with Crippen LogP contribution in [-0.4, -0.2) is 24.5 Å². The van der Waals surface area contributed by atoms with Gasteiger partial charge in [0.1, 0.15) is 11.4 Å². The lowest BCUT2D eigenvalue weighted by molar-refractivity contribution is -0.125. The standard InChI is InChI=1S/C17H21ClFNO3/c18-13-9-6-10-14(19)16(13)17(22)23-11-15(21)20-12-7-4-2-1-3-5-8-12/h6,9-10,12H,1-5,7-8,11H2,(H,20,21). The molecule has 1 aromatic rings. The van der Waals surface area contributed by atoms with E-state index in [1.54, 1.807) is 0 Å². The van der Waals surface area contributed by atoms with Crippen LogP contribution < -0.4 is 5.32 Å². The van der Waals surface area contributed by atoms with E-state index >= 15 is 0 Å². The number of nitrogens with one attached hydrogen (secondary N) is 1. The van der Waals surface area contributed by atoms with Gasteiger partial charge in [0.05, 0.1) is 5.02 Å². The fraction of sp³-hybridized carbons (Fsp3) is 0.529. The van der Waals surface area contributed by atoms with Crippen molar-refractivity contribution in [2.75, 3.05) is 6.61 Å². The first-order valence-electron chi connectivity index (χ1n) is 7.98. The van der Waals surface area contributed by atoms with Crippen molar-refractivity contribution in [1.29, 1.82) is 0 Å². The van der Waals surface area contributed by atoms with E-state index in [-0.39, 0.29) is 22.5 Å². The highest BCUT2D eigenvalue weighted by Crippen LogP contribution is 2.20. The fourth-order valence-corrected chi connectivity index (χ4v) is 3.01. The molecule has 2 rings (SSSR count). The number of amides is 1. The molecule has 6 heteroatoms. The Labute approximate surface area is 140 Å². The summed E-state index contributed by atoms with van der Waals surface area (Å²) in [6, 6.07) is 4.04. The number of halogens is 2. The van der Waals surface area contributed by atoms with Crippen LogP contribution in [0.5, 0.6) is 0 Å². The molecule has 0 radical (unpaired) electrons. The molecular formula is C17H21ClFNO3. The minimum atomic E-state index is -0.930. The number of benzene rings is 1. The van der Waals surface area contributed by atoms with Crippen LogP contribution in [0, 0.1) is 5.82 Å². The van der Waals surface area contributed by atoms with E-state index in [1.807, 2.05) is 0 Å². The van der Waals surface area contributed by atoms with Crippen LogP contribution in [0.2, 0.25) is 5.02 Å². The maximum atomic E-state index is 13.6. The lowest BCUT2D eigenvalue weighted by atomic mass is 9.97. The van der Waals surface area contributed by atoms with Crippen LogP contribution in [0.15, 0.2) is 18.2 Å². The summed E-state index contributed by atoms with van der Waals surface area (Å²) in [5.41, 5.74) is -0.340. The van der Waals surface area contributed by atoms with Crippen molar-refractivity contribution in [3.05, 3.63) is 34.6 Å². The van der Waals surface area contributed by atoms with Gasteiger partial charge in [0.2, 0.25) is 0 Å². The van der Waals surface area contributed by atoms with Gasteiger partial charge in [-0.15, -0.1) is 0 Å². The smallest absolute Gasteiger partial charge is 0.343 e. The van der Waals surface area contributed by atoms with Gasteiger partial charge in [-0.3, -0.25) is 4.79 Å². The molecule has 1 aromatic carbocycles. The molecule has 4 nitrogen and oxygen atoms in total. The predicted octanol–water partition coefficient (Wildman–Crippen LogP) is 3.87. The van der Waals surface area contributed by atoms with E-state index in [2.05, 4.69) is 5.32 Å². The highest BCUT2D eigenvalue weighted by atomic mass is 35.5. The van der Waals surface area contributed by atoms with E-state index in [0.29, 0.717) is 0 Å². The number of carbonyl (C=O) groups is 2. The zero-order valence-corrected chi connectivity index (χ0v) is 13.7. The van der Waals surface area contributed by atoms with Crippen LogP contribution in [0.25, 0.3) is 0 Å². The van der Waals surface area contributed by atoms with Crippen LogP contribution in [0.3, 0.4) is 0 Å². The van der Waals surface area contributed by atoms with Crippen molar-refractivity contribution in [3.8, 4) is 0 Å². The molecule has 1 N–H and O–H groups in total. The van der Waals surface area contributed by atoms with Gasteiger partial charge in [-0.25, -0.2) is 9.18 Å². The molecule has 1 fully saturated rings. The van der Waals surface area contributed by atoms with E-state index in [9.17, 15) is 14.0 Å². The van der Waals surface area contributed by atoms with Crippen LogP contribution in [0.1, 0.15) is 55.3 Å². The second kappa shape index (κ2) is 8.87. The number of hydrogen-bond acceptors (Lipinski definition) is 3. The zero-order chi connectivity index (χ0) is 16.7. The van der Waals surface area contributed by atoms with Crippen molar-refractivity contribution in [3.63, 3.8) is 0 Å². The van der Waals surface area contributed by atoms with Gasteiger partial charge in [0, 0.05) is 6.04 Å². The summed E-state index contributed by atoms with van der Waals surface area (Å²) in [5, 5.41) is 2.85. The highest BCUT2D eigenvalue weighted by molar-refractivity contribution is 6.33. The maximum absolute atomic E-state index is 13.6. The SMILES string of the molecule is O=C(COC(=O)c1c(F)cccc1Cl)NC1CCCCCCC1.